The van der Waals surface area contributed by atoms with Crippen molar-refractivity contribution in [1.82, 2.24) is 4.98 Å². The number of fused-ring (bicyclic) bond motifs is 1. The number of benzene rings is 2. The fraction of sp³-hybridized carbons (Fsp3) is 0.360. The summed E-state index contributed by atoms with van der Waals surface area (Å²) >= 11 is 0. The van der Waals surface area contributed by atoms with E-state index >= 15 is 0 Å². The van der Waals surface area contributed by atoms with Crippen LogP contribution in [0.15, 0.2) is 42.5 Å². The minimum atomic E-state index is -0.932. The molecule has 5 nitrogen and oxygen atoms in total. The van der Waals surface area contributed by atoms with Crippen LogP contribution in [0.2, 0.25) is 0 Å². The highest BCUT2D eigenvalue weighted by molar-refractivity contribution is 5.94. The van der Waals surface area contributed by atoms with Gasteiger partial charge in [0.25, 0.3) is 0 Å². The van der Waals surface area contributed by atoms with Crippen LogP contribution in [0.4, 0.5) is 5.69 Å². The largest absolute Gasteiger partial charge is 0.478 e. The Morgan fingerprint density at radius 3 is 2.63 bits per heavy atom. The van der Waals surface area contributed by atoms with E-state index in [1.165, 1.54) is 5.56 Å². The summed E-state index contributed by atoms with van der Waals surface area (Å²) < 4.78 is 5.54. The third-order valence-corrected chi connectivity index (χ3v) is 6.00. The number of hydrogen-bond acceptors (Lipinski definition) is 4. The summed E-state index contributed by atoms with van der Waals surface area (Å²) in [7, 11) is 0. The second-order valence-electron chi connectivity index (χ2n) is 8.19. The second kappa shape index (κ2) is 8.44. The van der Waals surface area contributed by atoms with Crippen molar-refractivity contribution >= 4 is 22.6 Å². The fourth-order valence-corrected chi connectivity index (χ4v) is 4.45. The van der Waals surface area contributed by atoms with E-state index in [4.69, 9.17) is 9.72 Å². The van der Waals surface area contributed by atoms with E-state index < -0.39 is 5.97 Å². The molecule has 2 aromatic carbocycles. The zero-order valence-electron chi connectivity index (χ0n) is 17.7. The van der Waals surface area contributed by atoms with Crippen molar-refractivity contribution in [2.24, 2.45) is 0 Å². The molecule has 1 aliphatic heterocycles. The summed E-state index contributed by atoms with van der Waals surface area (Å²) in [6, 6.07) is 13.6. The first kappa shape index (κ1) is 20.4. The summed E-state index contributed by atoms with van der Waals surface area (Å²) in [4.78, 5) is 16.5. The first-order valence-corrected chi connectivity index (χ1v) is 10.5. The summed E-state index contributed by atoms with van der Waals surface area (Å²) in [5.41, 5.74) is 6.54. The van der Waals surface area contributed by atoms with Gasteiger partial charge in [0.05, 0.1) is 11.1 Å². The first-order chi connectivity index (χ1) is 14.4. The molecule has 30 heavy (non-hydrogen) atoms. The molecule has 1 aliphatic rings. The average Bonchev–Trinajstić information content (AvgIpc) is 2.73. The highest BCUT2D eigenvalue weighted by atomic mass is 16.5. The van der Waals surface area contributed by atoms with Crippen LogP contribution < -0.4 is 5.32 Å². The lowest BCUT2D eigenvalue weighted by molar-refractivity contribution is 0.0698. The number of aryl methyl sites for hydroxylation is 2. The topological polar surface area (TPSA) is 71.5 Å². The molecule has 0 radical (unpaired) electrons. The third kappa shape index (κ3) is 4.03. The van der Waals surface area contributed by atoms with Crippen LogP contribution in [0.25, 0.3) is 10.9 Å². The van der Waals surface area contributed by atoms with Gasteiger partial charge >= 0.3 is 5.97 Å². The molecule has 1 atom stereocenters. The quantitative estimate of drug-likeness (QED) is 0.578. The van der Waals surface area contributed by atoms with Gasteiger partial charge < -0.3 is 15.2 Å². The number of carboxylic acids is 1. The van der Waals surface area contributed by atoms with Crippen molar-refractivity contribution in [3.05, 3.63) is 70.4 Å². The molecule has 3 aromatic rings. The Kier molecular flexibility index (Phi) is 5.73. The van der Waals surface area contributed by atoms with Gasteiger partial charge in [-0.15, -0.1) is 0 Å². The molecule has 0 bridgehead atoms. The average molecular weight is 405 g/mol. The normalized spacial score (nSPS) is 15.8. The molecule has 1 fully saturated rings. The van der Waals surface area contributed by atoms with Crippen LogP contribution in [0.1, 0.15) is 64.5 Å². The van der Waals surface area contributed by atoms with Gasteiger partial charge in [0.15, 0.2) is 0 Å². The minimum Gasteiger partial charge on any atom is -0.478 e. The molecule has 0 unspecified atom stereocenters. The van der Waals surface area contributed by atoms with Gasteiger partial charge in [0.2, 0.25) is 0 Å². The van der Waals surface area contributed by atoms with Gasteiger partial charge in [-0.05, 0) is 80.5 Å². The standard InChI is InChI=1S/C25H28N2O3/c1-15-12-21(17(3)26-23-7-5-4-6-19(23)25(28)29)22-14-20(16(2)27-24(22)13-15)18-8-10-30-11-9-18/h4-7,12-14,17-18,26H,8-11H2,1-3H3,(H,28,29)/t17-/m1/s1. The van der Waals surface area contributed by atoms with Gasteiger partial charge in [0.1, 0.15) is 0 Å². The summed E-state index contributed by atoms with van der Waals surface area (Å²) in [6.07, 6.45) is 2.05. The fourth-order valence-electron chi connectivity index (χ4n) is 4.45. The van der Waals surface area contributed by atoms with E-state index in [0.717, 1.165) is 53.8 Å². The number of anilines is 1. The Morgan fingerprint density at radius 2 is 1.90 bits per heavy atom. The van der Waals surface area contributed by atoms with Gasteiger partial charge in [-0.1, -0.05) is 18.2 Å². The Morgan fingerprint density at radius 1 is 1.17 bits per heavy atom. The number of hydrogen-bond donors (Lipinski definition) is 2. The number of nitrogens with zero attached hydrogens (tertiary/aromatic N) is 1. The van der Waals surface area contributed by atoms with Crippen LogP contribution in [0, 0.1) is 13.8 Å². The van der Waals surface area contributed by atoms with Gasteiger partial charge in [-0.2, -0.15) is 0 Å². The molecule has 5 heteroatoms. The second-order valence-corrected chi connectivity index (χ2v) is 8.19. The first-order valence-electron chi connectivity index (χ1n) is 10.5. The predicted molar refractivity (Wildman–Crippen MR) is 119 cm³/mol. The molecule has 0 aliphatic carbocycles. The van der Waals surface area contributed by atoms with E-state index in [2.05, 4.69) is 44.3 Å². The summed E-state index contributed by atoms with van der Waals surface area (Å²) in [5, 5.41) is 14.1. The molecule has 2 N–H and O–H groups in total. The summed E-state index contributed by atoms with van der Waals surface area (Å²) in [5.74, 6) is -0.459. The maximum absolute atomic E-state index is 11.6. The number of para-hydroxylation sites is 1. The minimum absolute atomic E-state index is 0.0695. The molecule has 0 spiro atoms. The van der Waals surface area contributed by atoms with Crippen molar-refractivity contribution in [1.29, 1.82) is 0 Å². The van der Waals surface area contributed by atoms with E-state index in [0.29, 0.717) is 11.6 Å². The Balaban J connectivity index is 1.76. The third-order valence-electron chi connectivity index (χ3n) is 6.00. The molecule has 156 valence electrons. The Hall–Kier alpha value is -2.92. The van der Waals surface area contributed by atoms with Crippen LogP contribution in [0.5, 0.6) is 0 Å². The Bertz CT molecular complexity index is 1090. The molecule has 1 saturated heterocycles. The monoisotopic (exact) mass is 404 g/mol. The van der Waals surface area contributed by atoms with Gasteiger partial charge in [-0.25, -0.2) is 4.79 Å². The van der Waals surface area contributed by atoms with Gasteiger partial charge in [0, 0.05) is 36.0 Å². The van der Waals surface area contributed by atoms with Crippen LogP contribution in [-0.4, -0.2) is 29.3 Å². The number of aromatic carboxylic acids is 1. The number of rotatable bonds is 5. The van der Waals surface area contributed by atoms with Crippen molar-refractivity contribution in [3.63, 3.8) is 0 Å². The maximum atomic E-state index is 11.6. The number of pyridine rings is 1. The van der Waals surface area contributed by atoms with Gasteiger partial charge in [-0.3, -0.25) is 4.98 Å². The SMILES string of the molecule is Cc1cc([C@@H](C)Nc2ccccc2C(=O)O)c2cc(C3CCOCC3)c(C)nc2c1. The predicted octanol–water partition coefficient (Wildman–Crippen LogP) is 5.62. The number of aromatic nitrogens is 1. The van der Waals surface area contributed by atoms with Crippen molar-refractivity contribution in [2.45, 2.75) is 45.6 Å². The molecule has 4 rings (SSSR count). The highest BCUT2D eigenvalue weighted by Crippen LogP contribution is 2.34. The van der Waals surface area contributed by atoms with Crippen molar-refractivity contribution in [2.75, 3.05) is 18.5 Å². The van der Waals surface area contributed by atoms with E-state index in [1.54, 1.807) is 12.1 Å². The Labute approximate surface area is 177 Å². The lowest BCUT2D eigenvalue weighted by atomic mass is 9.88. The molecule has 2 heterocycles. The molecule has 0 amide bonds. The number of nitrogens with one attached hydrogen (secondary N) is 1. The van der Waals surface area contributed by atoms with Crippen LogP contribution in [-0.2, 0) is 4.74 Å². The van der Waals surface area contributed by atoms with Crippen molar-refractivity contribution < 1.29 is 14.6 Å². The van der Waals surface area contributed by atoms with Crippen LogP contribution >= 0.6 is 0 Å². The van der Waals surface area contributed by atoms with Crippen LogP contribution in [0.3, 0.4) is 0 Å². The van der Waals surface area contributed by atoms with E-state index in [-0.39, 0.29) is 11.6 Å². The van der Waals surface area contributed by atoms with E-state index in [9.17, 15) is 9.90 Å². The van der Waals surface area contributed by atoms with E-state index in [1.807, 2.05) is 12.1 Å². The van der Waals surface area contributed by atoms with Crippen molar-refractivity contribution in [3.8, 4) is 0 Å². The molecular weight excluding hydrogens is 376 g/mol. The smallest absolute Gasteiger partial charge is 0.337 e. The zero-order valence-corrected chi connectivity index (χ0v) is 17.7. The molecule has 1 aromatic heterocycles. The number of ether oxygens (including phenoxy) is 1. The lowest BCUT2D eigenvalue weighted by Crippen LogP contribution is -2.16. The number of carboxylic acid groups (broad SMARTS) is 1. The summed E-state index contributed by atoms with van der Waals surface area (Å²) in [6.45, 7) is 7.84. The number of carbonyl (C=O) groups is 1. The maximum Gasteiger partial charge on any atom is 0.337 e. The highest BCUT2D eigenvalue weighted by Gasteiger charge is 2.21. The lowest BCUT2D eigenvalue weighted by Gasteiger charge is -2.25. The molecule has 0 saturated carbocycles. The zero-order chi connectivity index (χ0) is 21.3. The molecular formula is C25H28N2O3.